The summed E-state index contributed by atoms with van der Waals surface area (Å²) in [6, 6.07) is 15.8. The molecular weight excluding hydrogens is 344 g/mol. The van der Waals surface area contributed by atoms with Crippen LogP contribution in [0.1, 0.15) is 23.2 Å². The number of fused-ring (bicyclic) bond motifs is 1. The zero-order valence-electron chi connectivity index (χ0n) is 14.7. The smallest absolute Gasteiger partial charge is 0.256 e. The first-order chi connectivity index (χ1) is 13.2. The molecule has 2 N–H and O–H groups in total. The molecule has 6 nitrogen and oxygen atoms in total. The van der Waals surface area contributed by atoms with Crippen molar-refractivity contribution in [3.05, 3.63) is 65.7 Å². The molecule has 0 saturated carbocycles. The van der Waals surface area contributed by atoms with Crippen molar-refractivity contribution in [3.8, 4) is 5.75 Å². The monoisotopic (exact) mass is 364 g/mol. The predicted octanol–water partition coefficient (Wildman–Crippen LogP) is 3.28. The van der Waals surface area contributed by atoms with Crippen LogP contribution in [0.2, 0.25) is 0 Å². The largest absolute Gasteiger partial charge is 0.508 e. The van der Waals surface area contributed by atoms with Crippen LogP contribution in [0.5, 0.6) is 5.75 Å². The summed E-state index contributed by atoms with van der Waals surface area (Å²) >= 11 is 0. The van der Waals surface area contributed by atoms with Crippen LogP contribution in [-0.4, -0.2) is 30.3 Å². The number of hydrogen-bond donors (Lipinski definition) is 2. The number of amides is 1. The lowest BCUT2D eigenvalue weighted by Crippen LogP contribution is -2.34. The van der Waals surface area contributed by atoms with Gasteiger partial charge in [0.05, 0.1) is 11.8 Å². The normalized spacial score (nSPS) is 17.3. The minimum atomic E-state index is -0.265. The van der Waals surface area contributed by atoms with Gasteiger partial charge in [-0.2, -0.15) is 0 Å². The maximum absolute atomic E-state index is 12.8. The molecule has 0 spiro atoms. The summed E-state index contributed by atoms with van der Waals surface area (Å²) < 4.78 is 11.4. The van der Waals surface area contributed by atoms with Gasteiger partial charge in [0, 0.05) is 24.6 Å². The fourth-order valence-corrected chi connectivity index (χ4v) is 3.08. The molecule has 27 heavy (non-hydrogen) atoms. The van der Waals surface area contributed by atoms with Crippen molar-refractivity contribution < 1.29 is 19.1 Å². The van der Waals surface area contributed by atoms with Gasteiger partial charge in [0.2, 0.25) is 5.55 Å². The van der Waals surface area contributed by atoms with Crippen LogP contribution < -0.4 is 10.9 Å². The van der Waals surface area contributed by atoms with Crippen molar-refractivity contribution in [2.24, 2.45) is 4.99 Å². The van der Waals surface area contributed by atoms with Gasteiger partial charge in [-0.1, -0.05) is 18.2 Å². The summed E-state index contributed by atoms with van der Waals surface area (Å²) in [4.78, 5) is 17.3. The SMILES string of the molecule is O=C(NC[C@H]1CCCO1)c1cc2ccc(O)cc2oc1=Nc1ccccc1. The third-order valence-electron chi connectivity index (χ3n) is 4.48. The number of ether oxygens (including phenoxy) is 1. The lowest BCUT2D eigenvalue weighted by molar-refractivity contribution is 0.0854. The van der Waals surface area contributed by atoms with Gasteiger partial charge in [-0.25, -0.2) is 4.99 Å². The molecule has 1 aliphatic rings. The molecule has 1 saturated heterocycles. The van der Waals surface area contributed by atoms with E-state index in [2.05, 4.69) is 10.3 Å². The standard InChI is InChI=1S/C21H20N2O4/c24-16-9-8-14-11-18(20(25)22-13-17-7-4-10-26-17)21(27-19(14)12-16)23-15-5-2-1-3-6-15/h1-3,5-6,8-9,11-12,17,24H,4,7,10,13H2,(H,22,25)/t17-/m1/s1. The molecular formula is C21H20N2O4. The molecule has 2 heterocycles. The molecule has 0 bridgehead atoms. The maximum atomic E-state index is 12.8. The zero-order chi connectivity index (χ0) is 18.6. The summed E-state index contributed by atoms with van der Waals surface area (Å²) in [5.41, 5.74) is 1.67. The number of nitrogens with one attached hydrogen (secondary N) is 1. The minimum absolute atomic E-state index is 0.0535. The topological polar surface area (TPSA) is 84.1 Å². The van der Waals surface area contributed by atoms with E-state index < -0.39 is 0 Å². The number of para-hydroxylation sites is 1. The Bertz CT molecular complexity index is 1020. The number of carbonyl (C=O) groups is 1. The molecule has 0 aliphatic carbocycles. The highest BCUT2D eigenvalue weighted by Crippen LogP contribution is 2.20. The molecule has 0 unspecified atom stereocenters. The zero-order valence-corrected chi connectivity index (χ0v) is 14.7. The van der Waals surface area contributed by atoms with Crippen molar-refractivity contribution in [3.63, 3.8) is 0 Å². The third-order valence-corrected chi connectivity index (χ3v) is 4.48. The number of nitrogens with zero attached hydrogens (tertiary/aromatic N) is 1. The number of rotatable bonds is 4. The van der Waals surface area contributed by atoms with Crippen LogP contribution in [0.25, 0.3) is 11.0 Å². The van der Waals surface area contributed by atoms with Crippen LogP contribution >= 0.6 is 0 Å². The molecule has 4 rings (SSSR count). The van der Waals surface area contributed by atoms with Gasteiger partial charge in [-0.15, -0.1) is 0 Å². The second-order valence-corrected chi connectivity index (χ2v) is 6.48. The highest BCUT2D eigenvalue weighted by Gasteiger charge is 2.18. The number of aromatic hydroxyl groups is 1. The molecule has 2 aromatic carbocycles. The van der Waals surface area contributed by atoms with E-state index in [1.165, 1.54) is 6.07 Å². The van der Waals surface area contributed by atoms with E-state index in [-0.39, 0.29) is 23.3 Å². The summed E-state index contributed by atoms with van der Waals surface area (Å²) in [7, 11) is 0. The number of carbonyl (C=O) groups excluding carboxylic acids is 1. The Morgan fingerprint density at radius 1 is 1.19 bits per heavy atom. The summed E-state index contributed by atoms with van der Waals surface area (Å²) in [6.07, 6.45) is 2.02. The summed E-state index contributed by atoms with van der Waals surface area (Å²) in [5.74, 6) is -0.175. The Hall–Kier alpha value is -3.12. The van der Waals surface area contributed by atoms with Crippen molar-refractivity contribution in [1.29, 1.82) is 0 Å². The fourth-order valence-electron chi connectivity index (χ4n) is 3.08. The maximum Gasteiger partial charge on any atom is 0.256 e. The molecule has 1 fully saturated rings. The first-order valence-electron chi connectivity index (χ1n) is 8.95. The molecule has 1 aromatic heterocycles. The highest BCUT2D eigenvalue weighted by molar-refractivity contribution is 5.96. The third kappa shape index (κ3) is 4.01. The average Bonchev–Trinajstić information content (AvgIpc) is 3.20. The summed E-state index contributed by atoms with van der Waals surface area (Å²) in [5, 5.41) is 13.3. The Labute approximate surface area is 156 Å². The number of phenols is 1. The number of benzene rings is 2. The molecule has 0 radical (unpaired) electrons. The quantitative estimate of drug-likeness (QED) is 0.744. The second-order valence-electron chi connectivity index (χ2n) is 6.48. The van der Waals surface area contributed by atoms with Gasteiger partial charge in [-0.3, -0.25) is 4.79 Å². The Balaban J connectivity index is 1.74. The predicted molar refractivity (Wildman–Crippen MR) is 101 cm³/mol. The van der Waals surface area contributed by atoms with Gasteiger partial charge < -0.3 is 19.6 Å². The Morgan fingerprint density at radius 3 is 2.81 bits per heavy atom. The Morgan fingerprint density at radius 2 is 2.04 bits per heavy atom. The molecule has 138 valence electrons. The Kier molecular flexibility index (Phi) is 4.89. The van der Waals surface area contributed by atoms with Gasteiger partial charge in [0.1, 0.15) is 16.9 Å². The van der Waals surface area contributed by atoms with Crippen molar-refractivity contribution in [1.82, 2.24) is 5.32 Å². The molecule has 1 atom stereocenters. The fraction of sp³-hybridized carbons (Fsp3) is 0.238. The molecule has 6 heteroatoms. The van der Waals surface area contributed by atoms with E-state index in [0.717, 1.165) is 19.4 Å². The van der Waals surface area contributed by atoms with Gasteiger partial charge in [-0.05, 0) is 43.2 Å². The molecule has 1 amide bonds. The van der Waals surface area contributed by atoms with E-state index in [4.69, 9.17) is 9.15 Å². The number of hydrogen-bond acceptors (Lipinski definition) is 5. The molecule has 3 aromatic rings. The van der Waals surface area contributed by atoms with E-state index in [0.29, 0.717) is 28.8 Å². The summed E-state index contributed by atoms with van der Waals surface area (Å²) in [6.45, 7) is 1.20. The van der Waals surface area contributed by atoms with E-state index in [1.54, 1.807) is 18.2 Å². The lowest BCUT2D eigenvalue weighted by Gasteiger charge is -2.11. The first-order valence-corrected chi connectivity index (χ1v) is 8.95. The van der Waals surface area contributed by atoms with Crippen molar-refractivity contribution in [2.45, 2.75) is 18.9 Å². The highest BCUT2D eigenvalue weighted by atomic mass is 16.5. The van der Waals surface area contributed by atoms with Crippen molar-refractivity contribution in [2.75, 3.05) is 13.2 Å². The molecule has 1 aliphatic heterocycles. The van der Waals surface area contributed by atoms with Crippen LogP contribution in [-0.2, 0) is 4.74 Å². The minimum Gasteiger partial charge on any atom is -0.508 e. The van der Waals surface area contributed by atoms with Crippen LogP contribution in [0.3, 0.4) is 0 Å². The number of phenolic OH excluding ortho intramolecular Hbond substituents is 1. The second kappa shape index (κ2) is 7.63. The van der Waals surface area contributed by atoms with E-state index >= 15 is 0 Å². The average molecular weight is 364 g/mol. The lowest BCUT2D eigenvalue weighted by atomic mass is 10.1. The van der Waals surface area contributed by atoms with Gasteiger partial charge >= 0.3 is 0 Å². The van der Waals surface area contributed by atoms with E-state index in [9.17, 15) is 9.90 Å². The van der Waals surface area contributed by atoms with Crippen LogP contribution in [0.15, 0.2) is 64.0 Å². The van der Waals surface area contributed by atoms with Crippen LogP contribution in [0.4, 0.5) is 5.69 Å². The van der Waals surface area contributed by atoms with Crippen LogP contribution in [0, 0.1) is 0 Å². The van der Waals surface area contributed by atoms with Gasteiger partial charge in [0.25, 0.3) is 5.91 Å². The van der Waals surface area contributed by atoms with Gasteiger partial charge in [0.15, 0.2) is 0 Å². The first kappa shape index (κ1) is 17.3. The van der Waals surface area contributed by atoms with Crippen molar-refractivity contribution >= 4 is 22.6 Å². The van der Waals surface area contributed by atoms with E-state index in [1.807, 2.05) is 30.3 Å².